The molecule has 0 aliphatic rings. The van der Waals surface area contributed by atoms with Crippen LogP contribution >= 0.6 is 11.8 Å². The molecule has 1 aromatic carbocycles. The van der Waals surface area contributed by atoms with Crippen LogP contribution in [0.3, 0.4) is 0 Å². The number of hydrogen-bond acceptors (Lipinski definition) is 5. The van der Waals surface area contributed by atoms with Crippen LogP contribution in [0.15, 0.2) is 35.4 Å². The van der Waals surface area contributed by atoms with E-state index in [-0.39, 0.29) is 16.4 Å². The van der Waals surface area contributed by atoms with Gasteiger partial charge in [0.05, 0.1) is 10.6 Å². The molecule has 1 heterocycles. The highest BCUT2D eigenvalue weighted by Gasteiger charge is 2.18. The molecule has 5 nitrogen and oxygen atoms in total. The monoisotopic (exact) mass is 290 g/mol. The molecular formula is C14H14N2O3S. The molecule has 0 fully saturated rings. The summed E-state index contributed by atoms with van der Waals surface area (Å²) in [6, 6.07) is 7.00. The highest BCUT2D eigenvalue weighted by Crippen LogP contribution is 2.32. The Bertz CT molecular complexity index is 659. The SMILES string of the molecule is Cc1cnc(CSc2ccccc2O)c(C)c1[N+](=O)[O-]. The maximum absolute atomic E-state index is 11.1. The van der Waals surface area contributed by atoms with Crippen LogP contribution in [0.4, 0.5) is 5.69 Å². The molecule has 1 N–H and O–H groups in total. The van der Waals surface area contributed by atoms with Crippen molar-refractivity contribution in [2.45, 2.75) is 24.5 Å². The van der Waals surface area contributed by atoms with Crippen LogP contribution in [0.2, 0.25) is 0 Å². The summed E-state index contributed by atoms with van der Waals surface area (Å²) in [5.41, 5.74) is 1.92. The molecule has 0 saturated heterocycles. The van der Waals surface area contributed by atoms with E-state index in [0.717, 1.165) is 4.90 Å². The van der Waals surface area contributed by atoms with Crippen molar-refractivity contribution in [2.24, 2.45) is 0 Å². The van der Waals surface area contributed by atoms with Gasteiger partial charge in [-0.1, -0.05) is 12.1 Å². The first kappa shape index (κ1) is 14.3. The van der Waals surface area contributed by atoms with Crippen LogP contribution in [-0.4, -0.2) is 15.0 Å². The zero-order chi connectivity index (χ0) is 14.7. The van der Waals surface area contributed by atoms with Crippen molar-refractivity contribution in [2.75, 3.05) is 0 Å². The van der Waals surface area contributed by atoms with Crippen LogP contribution in [0, 0.1) is 24.0 Å². The van der Waals surface area contributed by atoms with Crippen molar-refractivity contribution in [1.82, 2.24) is 4.98 Å². The van der Waals surface area contributed by atoms with E-state index >= 15 is 0 Å². The fourth-order valence-corrected chi connectivity index (χ4v) is 2.89. The number of nitro groups is 1. The number of pyridine rings is 1. The van der Waals surface area contributed by atoms with Crippen molar-refractivity contribution >= 4 is 17.4 Å². The summed E-state index contributed by atoms with van der Waals surface area (Å²) < 4.78 is 0. The standard InChI is InChI=1S/C14H14N2O3S/c1-9-7-15-11(10(2)14(9)16(18)19)8-20-13-6-4-3-5-12(13)17/h3-7,17H,8H2,1-2H3. The third-order valence-corrected chi connectivity index (χ3v) is 4.06. The van der Waals surface area contributed by atoms with Crippen LogP contribution in [0.1, 0.15) is 16.8 Å². The number of phenols is 1. The lowest BCUT2D eigenvalue weighted by Gasteiger charge is -2.08. The molecule has 104 valence electrons. The minimum Gasteiger partial charge on any atom is -0.507 e. The summed E-state index contributed by atoms with van der Waals surface area (Å²) in [5, 5.41) is 20.7. The van der Waals surface area contributed by atoms with Gasteiger partial charge in [0.15, 0.2) is 0 Å². The first-order chi connectivity index (χ1) is 9.50. The Morgan fingerprint density at radius 2 is 2.05 bits per heavy atom. The lowest BCUT2D eigenvalue weighted by atomic mass is 10.1. The number of hydrogen-bond donors (Lipinski definition) is 1. The maximum Gasteiger partial charge on any atom is 0.278 e. The second kappa shape index (κ2) is 5.92. The third kappa shape index (κ3) is 2.91. The molecule has 0 spiro atoms. The number of rotatable bonds is 4. The van der Waals surface area contributed by atoms with E-state index in [2.05, 4.69) is 4.98 Å². The number of thioether (sulfide) groups is 1. The number of phenolic OH excluding ortho intramolecular Hbond substituents is 1. The topological polar surface area (TPSA) is 76.3 Å². The van der Waals surface area contributed by atoms with Crippen LogP contribution in [0.25, 0.3) is 0 Å². The Morgan fingerprint density at radius 1 is 1.35 bits per heavy atom. The Hall–Kier alpha value is -2.08. The summed E-state index contributed by atoms with van der Waals surface area (Å²) in [6.45, 7) is 3.39. The van der Waals surface area contributed by atoms with Gasteiger partial charge in [0.25, 0.3) is 5.69 Å². The van der Waals surface area contributed by atoms with E-state index in [1.807, 2.05) is 6.07 Å². The molecule has 0 aliphatic heterocycles. The minimum atomic E-state index is -0.375. The highest BCUT2D eigenvalue weighted by molar-refractivity contribution is 7.98. The number of para-hydroxylation sites is 1. The lowest BCUT2D eigenvalue weighted by molar-refractivity contribution is -0.386. The Balaban J connectivity index is 2.25. The summed E-state index contributed by atoms with van der Waals surface area (Å²) in [7, 11) is 0. The summed E-state index contributed by atoms with van der Waals surface area (Å²) in [6.07, 6.45) is 1.52. The molecule has 0 bridgehead atoms. The zero-order valence-electron chi connectivity index (χ0n) is 11.2. The number of benzene rings is 1. The van der Waals surface area contributed by atoms with E-state index in [1.165, 1.54) is 18.0 Å². The second-order valence-electron chi connectivity index (χ2n) is 4.38. The Labute approximate surface area is 120 Å². The van der Waals surface area contributed by atoms with Gasteiger partial charge in [0.2, 0.25) is 0 Å². The second-order valence-corrected chi connectivity index (χ2v) is 5.39. The fourth-order valence-electron chi connectivity index (χ4n) is 1.92. The van der Waals surface area contributed by atoms with Crippen molar-refractivity contribution in [1.29, 1.82) is 0 Å². The van der Waals surface area contributed by atoms with Crippen molar-refractivity contribution < 1.29 is 10.0 Å². The molecule has 2 aromatic rings. The molecule has 0 atom stereocenters. The average molecular weight is 290 g/mol. The van der Waals surface area contributed by atoms with Gasteiger partial charge >= 0.3 is 0 Å². The summed E-state index contributed by atoms with van der Waals surface area (Å²) in [4.78, 5) is 15.7. The summed E-state index contributed by atoms with van der Waals surface area (Å²) >= 11 is 1.41. The van der Waals surface area contributed by atoms with Gasteiger partial charge in [-0.05, 0) is 26.0 Å². The molecular weight excluding hydrogens is 276 g/mol. The van der Waals surface area contributed by atoms with Crippen LogP contribution < -0.4 is 0 Å². The van der Waals surface area contributed by atoms with E-state index in [4.69, 9.17) is 0 Å². The Kier molecular flexibility index (Phi) is 4.24. The van der Waals surface area contributed by atoms with Gasteiger partial charge in [-0.15, -0.1) is 11.8 Å². The normalized spacial score (nSPS) is 10.5. The van der Waals surface area contributed by atoms with E-state index in [1.54, 1.807) is 32.0 Å². The summed E-state index contributed by atoms with van der Waals surface area (Å²) in [5.74, 6) is 0.682. The van der Waals surface area contributed by atoms with Gasteiger partial charge in [0, 0.05) is 28.0 Å². The number of nitrogens with zero attached hydrogens (tertiary/aromatic N) is 2. The fraction of sp³-hybridized carbons (Fsp3) is 0.214. The first-order valence-corrected chi connectivity index (χ1v) is 6.99. The predicted molar refractivity (Wildman–Crippen MR) is 78.0 cm³/mol. The number of aromatic hydroxyl groups is 1. The van der Waals surface area contributed by atoms with Crippen molar-refractivity contribution in [3.63, 3.8) is 0 Å². The maximum atomic E-state index is 11.1. The smallest absolute Gasteiger partial charge is 0.278 e. The molecule has 0 aliphatic carbocycles. The zero-order valence-corrected chi connectivity index (χ0v) is 12.0. The predicted octanol–water partition coefficient (Wildman–Crippen LogP) is 3.60. The molecule has 6 heteroatoms. The minimum absolute atomic E-state index is 0.118. The van der Waals surface area contributed by atoms with Gasteiger partial charge in [0.1, 0.15) is 5.75 Å². The van der Waals surface area contributed by atoms with E-state index in [0.29, 0.717) is 22.6 Å². The van der Waals surface area contributed by atoms with Gasteiger partial charge in [-0.3, -0.25) is 15.1 Å². The van der Waals surface area contributed by atoms with Crippen molar-refractivity contribution in [3.05, 3.63) is 57.4 Å². The van der Waals surface area contributed by atoms with Crippen molar-refractivity contribution in [3.8, 4) is 5.75 Å². The third-order valence-electron chi connectivity index (χ3n) is 2.99. The molecule has 2 rings (SSSR count). The molecule has 0 unspecified atom stereocenters. The van der Waals surface area contributed by atoms with Crippen LogP contribution in [-0.2, 0) is 5.75 Å². The lowest BCUT2D eigenvalue weighted by Crippen LogP contribution is -2.01. The molecule has 0 radical (unpaired) electrons. The van der Waals surface area contributed by atoms with E-state index < -0.39 is 0 Å². The van der Waals surface area contributed by atoms with Gasteiger partial charge in [-0.2, -0.15) is 0 Å². The van der Waals surface area contributed by atoms with E-state index in [9.17, 15) is 15.2 Å². The quantitative estimate of drug-likeness (QED) is 0.529. The molecule has 0 amide bonds. The number of aryl methyl sites for hydroxylation is 1. The molecule has 20 heavy (non-hydrogen) atoms. The van der Waals surface area contributed by atoms with Gasteiger partial charge in [-0.25, -0.2) is 0 Å². The first-order valence-electron chi connectivity index (χ1n) is 6.01. The Morgan fingerprint density at radius 3 is 2.70 bits per heavy atom. The number of aromatic nitrogens is 1. The highest BCUT2D eigenvalue weighted by atomic mass is 32.2. The molecule has 1 aromatic heterocycles. The average Bonchev–Trinajstić information content (AvgIpc) is 2.39. The molecule has 0 saturated carbocycles. The van der Waals surface area contributed by atoms with Crippen LogP contribution in [0.5, 0.6) is 5.75 Å². The van der Waals surface area contributed by atoms with Gasteiger partial charge < -0.3 is 5.11 Å². The largest absolute Gasteiger partial charge is 0.507 e.